The molecule has 1 unspecified atom stereocenters. The summed E-state index contributed by atoms with van der Waals surface area (Å²) < 4.78 is 0. The van der Waals surface area contributed by atoms with Crippen molar-refractivity contribution in [2.45, 2.75) is 43.4 Å². The van der Waals surface area contributed by atoms with E-state index in [-0.39, 0.29) is 4.83 Å². The van der Waals surface area contributed by atoms with Crippen LogP contribution < -0.4 is 0 Å². The number of carbonyl (C=O) groups excluding carboxylic acids is 1. The summed E-state index contributed by atoms with van der Waals surface area (Å²) in [6.07, 6.45) is 9.37. The molecule has 1 aliphatic carbocycles. The molecule has 1 aliphatic heterocycles. The van der Waals surface area contributed by atoms with E-state index in [1.807, 2.05) is 4.90 Å². The molecule has 1 amide bonds. The standard InChI is InChI=1S/C12H18BrNO/c13-11-6-3-8-14(12(11)15)9-7-10-4-1-2-5-10/h4,11H,1-3,5-9H2. The molecule has 0 bridgehead atoms. The van der Waals surface area contributed by atoms with E-state index in [9.17, 15) is 4.79 Å². The highest BCUT2D eigenvalue weighted by Crippen LogP contribution is 2.23. The third-order valence-corrected chi connectivity index (χ3v) is 4.15. The average molecular weight is 272 g/mol. The molecule has 0 radical (unpaired) electrons. The van der Waals surface area contributed by atoms with Crippen LogP contribution in [-0.2, 0) is 4.79 Å². The lowest BCUT2D eigenvalue weighted by atomic mass is 10.1. The molecule has 0 spiro atoms. The van der Waals surface area contributed by atoms with Gasteiger partial charge in [0.05, 0.1) is 4.83 Å². The van der Waals surface area contributed by atoms with Crippen LogP contribution >= 0.6 is 15.9 Å². The molecule has 2 nitrogen and oxygen atoms in total. The largest absolute Gasteiger partial charge is 0.341 e. The number of rotatable bonds is 3. The molecule has 0 aromatic carbocycles. The van der Waals surface area contributed by atoms with Gasteiger partial charge in [0, 0.05) is 13.1 Å². The van der Waals surface area contributed by atoms with Crippen molar-refractivity contribution in [2.24, 2.45) is 0 Å². The van der Waals surface area contributed by atoms with Gasteiger partial charge in [0.2, 0.25) is 5.91 Å². The quantitative estimate of drug-likeness (QED) is 0.571. The highest BCUT2D eigenvalue weighted by Gasteiger charge is 2.26. The molecule has 0 aromatic rings. The number of amides is 1. The van der Waals surface area contributed by atoms with E-state index in [0.717, 1.165) is 32.4 Å². The van der Waals surface area contributed by atoms with Gasteiger partial charge in [-0.3, -0.25) is 4.79 Å². The van der Waals surface area contributed by atoms with Gasteiger partial charge in [0.15, 0.2) is 0 Å². The van der Waals surface area contributed by atoms with E-state index >= 15 is 0 Å². The van der Waals surface area contributed by atoms with E-state index in [2.05, 4.69) is 22.0 Å². The second-order valence-corrected chi connectivity index (χ2v) is 5.54. The van der Waals surface area contributed by atoms with Crippen molar-refractivity contribution in [2.75, 3.05) is 13.1 Å². The molecular formula is C12H18BrNO. The first-order valence-corrected chi connectivity index (χ1v) is 6.80. The maximum Gasteiger partial charge on any atom is 0.236 e. The predicted molar refractivity (Wildman–Crippen MR) is 65.1 cm³/mol. The maximum atomic E-state index is 11.8. The molecule has 1 heterocycles. The first-order chi connectivity index (χ1) is 7.27. The number of nitrogens with zero attached hydrogens (tertiary/aromatic N) is 1. The summed E-state index contributed by atoms with van der Waals surface area (Å²) in [5, 5.41) is 0. The van der Waals surface area contributed by atoms with E-state index in [0.29, 0.717) is 5.91 Å². The van der Waals surface area contributed by atoms with Gasteiger partial charge in [-0.05, 0) is 38.5 Å². The molecule has 2 rings (SSSR count). The van der Waals surface area contributed by atoms with Gasteiger partial charge < -0.3 is 4.90 Å². The first-order valence-electron chi connectivity index (χ1n) is 5.88. The Bertz CT molecular complexity index is 275. The smallest absolute Gasteiger partial charge is 0.236 e. The van der Waals surface area contributed by atoms with Crippen molar-refractivity contribution >= 4 is 21.8 Å². The van der Waals surface area contributed by atoms with Crippen molar-refractivity contribution in [3.8, 4) is 0 Å². The van der Waals surface area contributed by atoms with Gasteiger partial charge in [-0.25, -0.2) is 0 Å². The summed E-state index contributed by atoms with van der Waals surface area (Å²) in [5.74, 6) is 0.292. The van der Waals surface area contributed by atoms with Gasteiger partial charge in [-0.2, -0.15) is 0 Å². The predicted octanol–water partition coefficient (Wildman–Crippen LogP) is 2.87. The number of allylic oxidation sites excluding steroid dienone is 1. The Hall–Kier alpha value is -0.310. The number of piperidine rings is 1. The summed E-state index contributed by atoms with van der Waals surface area (Å²) in [5.41, 5.74) is 1.56. The lowest BCUT2D eigenvalue weighted by molar-refractivity contribution is -0.132. The van der Waals surface area contributed by atoms with Crippen LogP contribution in [0.5, 0.6) is 0 Å². The van der Waals surface area contributed by atoms with E-state index in [1.54, 1.807) is 5.57 Å². The molecule has 0 N–H and O–H groups in total. The fraction of sp³-hybridized carbons (Fsp3) is 0.750. The average Bonchev–Trinajstić information content (AvgIpc) is 2.73. The zero-order valence-corrected chi connectivity index (χ0v) is 10.6. The Balaban J connectivity index is 1.80. The summed E-state index contributed by atoms with van der Waals surface area (Å²) in [6, 6.07) is 0. The van der Waals surface area contributed by atoms with Crippen LogP contribution in [0, 0.1) is 0 Å². The van der Waals surface area contributed by atoms with Crippen molar-refractivity contribution in [1.29, 1.82) is 0 Å². The minimum atomic E-state index is 0.0730. The fourth-order valence-electron chi connectivity index (χ4n) is 2.36. The highest BCUT2D eigenvalue weighted by atomic mass is 79.9. The second-order valence-electron chi connectivity index (χ2n) is 4.44. The lowest BCUT2D eigenvalue weighted by Gasteiger charge is -2.29. The third kappa shape index (κ3) is 2.83. The van der Waals surface area contributed by atoms with Crippen LogP contribution in [0.25, 0.3) is 0 Å². The van der Waals surface area contributed by atoms with Crippen LogP contribution in [0.3, 0.4) is 0 Å². The molecule has 84 valence electrons. The van der Waals surface area contributed by atoms with E-state index < -0.39 is 0 Å². The maximum absolute atomic E-state index is 11.8. The number of hydrogen-bond acceptors (Lipinski definition) is 1. The van der Waals surface area contributed by atoms with Crippen LogP contribution in [0.15, 0.2) is 11.6 Å². The van der Waals surface area contributed by atoms with Crippen molar-refractivity contribution in [1.82, 2.24) is 4.90 Å². The molecular weight excluding hydrogens is 254 g/mol. The fourth-order valence-corrected chi connectivity index (χ4v) is 2.97. The normalized spacial score (nSPS) is 27.0. The van der Waals surface area contributed by atoms with Crippen molar-refractivity contribution in [3.05, 3.63) is 11.6 Å². The Morgan fingerprint density at radius 3 is 3.07 bits per heavy atom. The van der Waals surface area contributed by atoms with Gasteiger partial charge in [-0.15, -0.1) is 0 Å². The molecule has 0 saturated carbocycles. The molecule has 2 aliphatic rings. The number of hydrogen-bond donors (Lipinski definition) is 0. The second kappa shape index (κ2) is 5.15. The SMILES string of the molecule is O=C1C(Br)CCCN1CCC1=CCCC1. The lowest BCUT2D eigenvalue weighted by Crippen LogP contribution is -2.42. The zero-order chi connectivity index (χ0) is 10.7. The minimum absolute atomic E-state index is 0.0730. The molecule has 3 heteroatoms. The van der Waals surface area contributed by atoms with Crippen molar-refractivity contribution in [3.63, 3.8) is 0 Å². The molecule has 15 heavy (non-hydrogen) atoms. The van der Waals surface area contributed by atoms with Crippen LogP contribution in [0.2, 0.25) is 0 Å². The summed E-state index contributed by atoms with van der Waals surface area (Å²) >= 11 is 3.44. The molecule has 1 saturated heterocycles. The Labute approximate surface area is 99.8 Å². The monoisotopic (exact) mass is 271 g/mol. The van der Waals surface area contributed by atoms with E-state index in [1.165, 1.54) is 19.3 Å². The summed E-state index contributed by atoms with van der Waals surface area (Å²) in [4.78, 5) is 13.9. The van der Waals surface area contributed by atoms with Crippen molar-refractivity contribution < 1.29 is 4.79 Å². The van der Waals surface area contributed by atoms with Gasteiger partial charge in [0.1, 0.15) is 0 Å². The number of halogens is 1. The van der Waals surface area contributed by atoms with Crippen LogP contribution in [0.4, 0.5) is 0 Å². The third-order valence-electron chi connectivity index (χ3n) is 3.30. The Morgan fingerprint density at radius 2 is 2.33 bits per heavy atom. The zero-order valence-electron chi connectivity index (χ0n) is 9.04. The summed E-state index contributed by atoms with van der Waals surface area (Å²) in [6.45, 7) is 1.88. The number of alkyl halides is 1. The topological polar surface area (TPSA) is 20.3 Å². The molecule has 1 atom stereocenters. The molecule has 1 fully saturated rings. The number of likely N-dealkylation sites (tertiary alicyclic amines) is 1. The Morgan fingerprint density at radius 1 is 1.47 bits per heavy atom. The van der Waals surface area contributed by atoms with Gasteiger partial charge in [-0.1, -0.05) is 27.6 Å². The minimum Gasteiger partial charge on any atom is -0.341 e. The van der Waals surface area contributed by atoms with Crippen LogP contribution in [0.1, 0.15) is 38.5 Å². The van der Waals surface area contributed by atoms with Crippen LogP contribution in [-0.4, -0.2) is 28.7 Å². The highest BCUT2D eigenvalue weighted by molar-refractivity contribution is 9.10. The first kappa shape index (κ1) is 11.2. The van der Waals surface area contributed by atoms with Gasteiger partial charge in [0.25, 0.3) is 0 Å². The van der Waals surface area contributed by atoms with E-state index in [4.69, 9.17) is 0 Å². The van der Waals surface area contributed by atoms with Gasteiger partial charge >= 0.3 is 0 Å². The Kier molecular flexibility index (Phi) is 3.84. The summed E-state index contributed by atoms with van der Waals surface area (Å²) in [7, 11) is 0. The molecule has 0 aromatic heterocycles. The number of carbonyl (C=O) groups is 1.